The number of anilines is 1. The van der Waals surface area contributed by atoms with E-state index < -0.39 is 15.8 Å². The second kappa shape index (κ2) is 5.48. The molecule has 2 rings (SSSR count). The Morgan fingerprint density at radius 3 is 1.90 bits per heavy atom. The van der Waals surface area contributed by atoms with Gasteiger partial charge >= 0.3 is 0 Å². The highest BCUT2D eigenvalue weighted by molar-refractivity contribution is 7.92. The minimum absolute atomic E-state index is 0.00830. The van der Waals surface area contributed by atoms with Crippen molar-refractivity contribution in [2.75, 3.05) is 4.72 Å². The van der Waals surface area contributed by atoms with E-state index >= 15 is 0 Å². The van der Waals surface area contributed by atoms with E-state index in [2.05, 4.69) is 25.5 Å². The van der Waals surface area contributed by atoms with Crippen molar-refractivity contribution in [3.63, 3.8) is 0 Å². The Kier molecular flexibility index (Phi) is 4.05. The number of rotatable bonds is 3. The van der Waals surface area contributed by atoms with Crippen molar-refractivity contribution < 1.29 is 12.8 Å². The van der Waals surface area contributed by atoms with Gasteiger partial charge in [-0.25, -0.2) is 12.8 Å². The van der Waals surface area contributed by atoms with E-state index in [1.54, 1.807) is 12.1 Å². The molecule has 0 saturated carbocycles. The molecule has 2 aromatic carbocycles. The number of sulfonamides is 1. The zero-order valence-corrected chi connectivity index (χ0v) is 13.0. The van der Waals surface area contributed by atoms with E-state index in [4.69, 9.17) is 0 Å². The van der Waals surface area contributed by atoms with Crippen LogP contribution in [0.25, 0.3) is 0 Å². The van der Waals surface area contributed by atoms with Crippen LogP contribution in [0.1, 0.15) is 26.3 Å². The van der Waals surface area contributed by atoms with Gasteiger partial charge in [0.15, 0.2) is 0 Å². The summed E-state index contributed by atoms with van der Waals surface area (Å²) in [4.78, 5) is 0.0313. The predicted molar refractivity (Wildman–Crippen MR) is 82.4 cm³/mol. The highest BCUT2D eigenvalue weighted by atomic mass is 32.2. The normalized spacial score (nSPS) is 12.2. The molecule has 3 nitrogen and oxygen atoms in total. The molecule has 2 aromatic rings. The largest absolute Gasteiger partial charge is 0.280 e. The molecule has 0 heterocycles. The number of benzene rings is 2. The maximum absolute atomic E-state index is 12.8. The highest BCUT2D eigenvalue weighted by Gasteiger charge is 2.16. The Balaban J connectivity index is 2.23. The minimum Gasteiger partial charge on any atom is -0.280 e. The van der Waals surface area contributed by atoms with Gasteiger partial charge in [0.2, 0.25) is 0 Å². The first-order chi connectivity index (χ1) is 9.68. The fourth-order valence-corrected chi connectivity index (χ4v) is 2.92. The lowest BCUT2D eigenvalue weighted by atomic mass is 9.87. The predicted octanol–water partition coefficient (Wildman–Crippen LogP) is 3.92. The molecule has 1 N–H and O–H groups in total. The summed E-state index contributed by atoms with van der Waals surface area (Å²) in [6.07, 6.45) is 0. The quantitative estimate of drug-likeness (QED) is 0.934. The molecular weight excluding hydrogens is 289 g/mol. The van der Waals surface area contributed by atoms with E-state index in [1.807, 2.05) is 12.1 Å². The van der Waals surface area contributed by atoms with E-state index in [1.165, 1.54) is 12.1 Å². The van der Waals surface area contributed by atoms with Gasteiger partial charge in [-0.3, -0.25) is 4.72 Å². The van der Waals surface area contributed by atoms with Crippen LogP contribution in [0.4, 0.5) is 10.1 Å². The average molecular weight is 307 g/mol. The molecule has 0 saturated heterocycles. The van der Waals surface area contributed by atoms with Crippen LogP contribution in [0.15, 0.2) is 53.4 Å². The second-order valence-electron chi connectivity index (χ2n) is 5.89. The molecule has 0 amide bonds. The molecule has 0 atom stereocenters. The Morgan fingerprint density at radius 2 is 1.43 bits per heavy atom. The van der Waals surface area contributed by atoms with Gasteiger partial charge in [-0.15, -0.1) is 0 Å². The van der Waals surface area contributed by atoms with Gasteiger partial charge in [-0.05, 0) is 47.4 Å². The van der Waals surface area contributed by atoms with Gasteiger partial charge in [0, 0.05) is 5.69 Å². The first-order valence-corrected chi connectivity index (χ1v) is 8.06. The zero-order chi connectivity index (χ0) is 15.7. The third-order valence-corrected chi connectivity index (χ3v) is 4.52. The molecule has 0 bridgehead atoms. The molecule has 5 heteroatoms. The van der Waals surface area contributed by atoms with Crippen molar-refractivity contribution >= 4 is 15.7 Å². The van der Waals surface area contributed by atoms with Gasteiger partial charge in [-0.1, -0.05) is 32.9 Å². The summed E-state index contributed by atoms with van der Waals surface area (Å²) in [6.45, 7) is 6.26. The van der Waals surface area contributed by atoms with Crippen molar-refractivity contribution in [3.8, 4) is 0 Å². The highest BCUT2D eigenvalue weighted by Crippen LogP contribution is 2.24. The maximum atomic E-state index is 12.8. The number of hydrogen-bond donors (Lipinski definition) is 1. The van der Waals surface area contributed by atoms with Crippen LogP contribution in [0.2, 0.25) is 0 Å². The van der Waals surface area contributed by atoms with E-state index in [0.29, 0.717) is 5.69 Å². The van der Waals surface area contributed by atoms with Crippen molar-refractivity contribution in [2.45, 2.75) is 31.1 Å². The van der Waals surface area contributed by atoms with Gasteiger partial charge in [-0.2, -0.15) is 0 Å². The van der Waals surface area contributed by atoms with Crippen LogP contribution >= 0.6 is 0 Å². The lowest BCUT2D eigenvalue weighted by Gasteiger charge is -2.19. The van der Waals surface area contributed by atoms with Crippen LogP contribution in [-0.4, -0.2) is 8.42 Å². The van der Waals surface area contributed by atoms with Crippen molar-refractivity contribution in [1.29, 1.82) is 0 Å². The molecule has 0 aliphatic rings. The van der Waals surface area contributed by atoms with Crippen LogP contribution in [0.5, 0.6) is 0 Å². The lowest BCUT2D eigenvalue weighted by molar-refractivity contribution is 0.590. The Bertz CT molecular complexity index is 714. The smallest absolute Gasteiger partial charge is 0.261 e. The van der Waals surface area contributed by atoms with Crippen LogP contribution in [0.3, 0.4) is 0 Å². The lowest BCUT2D eigenvalue weighted by Crippen LogP contribution is -2.14. The second-order valence-corrected chi connectivity index (χ2v) is 7.57. The summed E-state index contributed by atoms with van der Waals surface area (Å²) in [5.41, 5.74) is 1.61. The third kappa shape index (κ3) is 3.82. The summed E-state index contributed by atoms with van der Waals surface area (Å²) in [6, 6.07) is 11.9. The molecule has 0 aromatic heterocycles. The average Bonchev–Trinajstić information content (AvgIpc) is 2.38. The Labute approximate surface area is 124 Å². The monoisotopic (exact) mass is 307 g/mol. The van der Waals surface area contributed by atoms with Gasteiger partial charge in [0.25, 0.3) is 10.0 Å². The fraction of sp³-hybridized carbons (Fsp3) is 0.250. The van der Waals surface area contributed by atoms with Crippen LogP contribution in [-0.2, 0) is 15.4 Å². The van der Waals surface area contributed by atoms with Crippen LogP contribution in [0, 0.1) is 5.82 Å². The molecule has 0 fully saturated rings. The first kappa shape index (κ1) is 15.5. The minimum atomic E-state index is -3.70. The maximum Gasteiger partial charge on any atom is 0.261 e. The SMILES string of the molecule is CC(C)(C)c1ccc(NS(=O)(=O)c2ccc(F)cc2)cc1. The molecule has 0 aliphatic heterocycles. The van der Waals surface area contributed by atoms with Crippen molar-refractivity contribution in [1.82, 2.24) is 0 Å². The van der Waals surface area contributed by atoms with E-state index in [-0.39, 0.29) is 10.3 Å². The number of hydrogen-bond acceptors (Lipinski definition) is 2. The third-order valence-electron chi connectivity index (χ3n) is 3.13. The summed E-state index contributed by atoms with van der Waals surface area (Å²) < 4.78 is 39.6. The first-order valence-electron chi connectivity index (χ1n) is 6.57. The van der Waals surface area contributed by atoms with Crippen LogP contribution < -0.4 is 4.72 Å². The van der Waals surface area contributed by atoms with E-state index in [9.17, 15) is 12.8 Å². The molecule has 0 unspecified atom stereocenters. The standard InChI is InChI=1S/C16H18FNO2S/c1-16(2,3)12-4-8-14(9-5-12)18-21(19,20)15-10-6-13(17)7-11-15/h4-11,18H,1-3H3. The summed E-state index contributed by atoms with van der Waals surface area (Å²) >= 11 is 0. The summed E-state index contributed by atoms with van der Waals surface area (Å²) in [5.74, 6) is -0.469. The molecule has 0 spiro atoms. The molecular formula is C16H18FNO2S. The van der Waals surface area contributed by atoms with Gasteiger partial charge in [0.1, 0.15) is 5.82 Å². The summed E-state index contributed by atoms with van der Waals surface area (Å²) in [7, 11) is -3.70. The fourth-order valence-electron chi connectivity index (χ4n) is 1.87. The zero-order valence-electron chi connectivity index (χ0n) is 12.2. The number of halogens is 1. The molecule has 0 radical (unpaired) electrons. The number of nitrogens with one attached hydrogen (secondary N) is 1. The van der Waals surface area contributed by atoms with Crippen molar-refractivity contribution in [3.05, 3.63) is 59.9 Å². The van der Waals surface area contributed by atoms with Gasteiger partial charge in [0.05, 0.1) is 4.90 Å². The molecule has 21 heavy (non-hydrogen) atoms. The van der Waals surface area contributed by atoms with E-state index in [0.717, 1.165) is 17.7 Å². The topological polar surface area (TPSA) is 46.2 Å². The Morgan fingerprint density at radius 1 is 0.905 bits per heavy atom. The molecule has 0 aliphatic carbocycles. The molecule has 112 valence electrons. The Hall–Kier alpha value is -1.88. The summed E-state index contributed by atoms with van der Waals surface area (Å²) in [5, 5.41) is 0. The van der Waals surface area contributed by atoms with Gasteiger partial charge < -0.3 is 0 Å². The van der Waals surface area contributed by atoms with Crippen molar-refractivity contribution in [2.24, 2.45) is 0 Å².